The van der Waals surface area contributed by atoms with Crippen LogP contribution < -0.4 is 15.4 Å². The van der Waals surface area contributed by atoms with Crippen molar-refractivity contribution >= 4 is 16.9 Å². The molecule has 0 bridgehead atoms. The molecule has 94 valence electrons. The Morgan fingerprint density at radius 2 is 2.28 bits per heavy atom. The minimum absolute atomic E-state index is 0.0419. The van der Waals surface area contributed by atoms with Crippen molar-refractivity contribution in [3.8, 4) is 5.88 Å². The van der Waals surface area contributed by atoms with Crippen molar-refractivity contribution in [3.63, 3.8) is 0 Å². The van der Waals surface area contributed by atoms with E-state index in [9.17, 15) is 4.79 Å². The van der Waals surface area contributed by atoms with E-state index in [1.807, 2.05) is 0 Å². The first-order valence-electron chi connectivity index (χ1n) is 5.68. The molecule has 3 N–H and O–H groups in total. The van der Waals surface area contributed by atoms with E-state index in [-0.39, 0.29) is 11.9 Å². The second-order valence-corrected chi connectivity index (χ2v) is 4.03. The maximum absolute atomic E-state index is 11.8. The topological polar surface area (TPSA) is 91.9 Å². The molecule has 1 saturated heterocycles. The van der Waals surface area contributed by atoms with Crippen LogP contribution in [0.3, 0.4) is 0 Å². The summed E-state index contributed by atoms with van der Waals surface area (Å²) in [7, 11) is 1.55. The van der Waals surface area contributed by atoms with E-state index >= 15 is 0 Å². The fourth-order valence-corrected chi connectivity index (χ4v) is 2.16. The van der Waals surface area contributed by atoms with Gasteiger partial charge in [0.25, 0.3) is 0 Å². The summed E-state index contributed by atoms with van der Waals surface area (Å²) in [5, 5.41) is 5.99. The molecule has 18 heavy (non-hydrogen) atoms. The molecule has 1 aliphatic heterocycles. The molecule has 3 heterocycles. The lowest BCUT2D eigenvalue weighted by Crippen LogP contribution is -2.47. The first-order valence-corrected chi connectivity index (χ1v) is 5.68. The van der Waals surface area contributed by atoms with Gasteiger partial charge in [0.1, 0.15) is 23.4 Å². The monoisotopic (exact) mass is 247 g/mol. The highest BCUT2D eigenvalue weighted by atomic mass is 16.5. The number of nitrogens with one attached hydrogen (secondary N) is 3. The van der Waals surface area contributed by atoms with Crippen molar-refractivity contribution in [2.24, 2.45) is 0 Å². The molecular formula is C11H13N5O2. The number of hydrogen-bond donors (Lipinski definition) is 3. The van der Waals surface area contributed by atoms with E-state index in [0.29, 0.717) is 23.5 Å². The van der Waals surface area contributed by atoms with Crippen LogP contribution >= 0.6 is 0 Å². The molecule has 1 amide bonds. The molecule has 2 aromatic rings. The van der Waals surface area contributed by atoms with Gasteiger partial charge in [0.15, 0.2) is 0 Å². The fraction of sp³-hybridized carbons (Fsp3) is 0.364. The lowest BCUT2D eigenvalue weighted by molar-refractivity contribution is -0.124. The summed E-state index contributed by atoms with van der Waals surface area (Å²) >= 11 is 0. The highest BCUT2D eigenvalue weighted by Gasteiger charge is 2.27. The highest BCUT2D eigenvalue weighted by molar-refractivity contribution is 5.91. The number of aromatic nitrogens is 3. The Balaban J connectivity index is 2.09. The van der Waals surface area contributed by atoms with E-state index in [4.69, 9.17) is 4.74 Å². The summed E-state index contributed by atoms with van der Waals surface area (Å²) in [6.07, 6.45) is 3.20. The van der Waals surface area contributed by atoms with Gasteiger partial charge in [-0.15, -0.1) is 0 Å². The third-order valence-corrected chi connectivity index (χ3v) is 3.00. The van der Waals surface area contributed by atoms with Crippen LogP contribution in [0.2, 0.25) is 0 Å². The molecule has 0 saturated carbocycles. The predicted octanol–water partition coefficient (Wildman–Crippen LogP) is -0.273. The molecule has 0 spiro atoms. The molecule has 2 aromatic heterocycles. The van der Waals surface area contributed by atoms with Crippen molar-refractivity contribution < 1.29 is 9.53 Å². The number of rotatable bonds is 2. The fourth-order valence-electron chi connectivity index (χ4n) is 2.16. The SMILES string of the molecule is COc1ncnc2c(C3NCCNC3=O)c[nH]c12. The molecule has 0 aromatic carbocycles. The minimum Gasteiger partial charge on any atom is -0.479 e. The third-order valence-electron chi connectivity index (χ3n) is 3.00. The van der Waals surface area contributed by atoms with Crippen molar-refractivity contribution in [2.45, 2.75) is 6.04 Å². The molecule has 0 radical (unpaired) electrons. The largest absolute Gasteiger partial charge is 0.479 e. The zero-order valence-electron chi connectivity index (χ0n) is 9.86. The smallest absolute Gasteiger partial charge is 0.241 e. The van der Waals surface area contributed by atoms with Crippen LogP contribution in [0.5, 0.6) is 5.88 Å². The Morgan fingerprint density at radius 3 is 3.06 bits per heavy atom. The number of aromatic amines is 1. The highest BCUT2D eigenvalue weighted by Crippen LogP contribution is 2.27. The Morgan fingerprint density at radius 1 is 1.39 bits per heavy atom. The van der Waals surface area contributed by atoms with Gasteiger partial charge in [0.2, 0.25) is 11.8 Å². The van der Waals surface area contributed by atoms with Crippen LogP contribution in [0.15, 0.2) is 12.5 Å². The predicted molar refractivity (Wildman–Crippen MR) is 64.2 cm³/mol. The van der Waals surface area contributed by atoms with Gasteiger partial charge in [-0.05, 0) is 0 Å². The van der Waals surface area contributed by atoms with Crippen LogP contribution in [0, 0.1) is 0 Å². The lowest BCUT2D eigenvalue weighted by Gasteiger charge is -2.22. The number of carbonyl (C=O) groups excluding carboxylic acids is 1. The van der Waals surface area contributed by atoms with E-state index in [2.05, 4.69) is 25.6 Å². The molecule has 0 aliphatic carbocycles. The van der Waals surface area contributed by atoms with E-state index < -0.39 is 0 Å². The van der Waals surface area contributed by atoms with Gasteiger partial charge in [0, 0.05) is 24.8 Å². The molecular weight excluding hydrogens is 234 g/mol. The number of ether oxygens (including phenoxy) is 1. The molecule has 3 rings (SSSR count). The van der Waals surface area contributed by atoms with Gasteiger partial charge in [-0.1, -0.05) is 0 Å². The summed E-state index contributed by atoms with van der Waals surface area (Å²) in [6.45, 7) is 1.39. The number of methoxy groups -OCH3 is 1. The number of nitrogens with zero attached hydrogens (tertiary/aromatic N) is 2. The Kier molecular flexibility index (Phi) is 2.60. The van der Waals surface area contributed by atoms with Crippen molar-refractivity contribution in [1.82, 2.24) is 25.6 Å². The Bertz CT molecular complexity index is 594. The zero-order valence-corrected chi connectivity index (χ0v) is 9.86. The lowest BCUT2D eigenvalue weighted by atomic mass is 10.1. The number of H-pyrrole nitrogens is 1. The van der Waals surface area contributed by atoms with Gasteiger partial charge in [-0.3, -0.25) is 4.79 Å². The van der Waals surface area contributed by atoms with Crippen molar-refractivity contribution in [3.05, 3.63) is 18.1 Å². The van der Waals surface area contributed by atoms with E-state index in [1.165, 1.54) is 6.33 Å². The molecule has 1 fully saturated rings. The summed E-state index contributed by atoms with van der Waals surface area (Å²) in [5.41, 5.74) is 2.22. The maximum atomic E-state index is 11.8. The summed E-state index contributed by atoms with van der Waals surface area (Å²) in [6, 6.07) is -0.382. The average molecular weight is 247 g/mol. The molecule has 1 unspecified atom stereocenters. The molecule has 1 aliphatic rings. The Labute approximate surface area is 103 Å². The van der Waals surface area contributed by atoms with Crippen LogP contribution in [0.4, 0.5) is 0 Å². The van der Waals surface area contributed by atoms with Crippen LogP contribution in [0.1, 0.15) is 11.6 Å². The summed E-state index contributed by atoms with van der Waals surface area (Å²) in [5.74, 6) is 0.433. The first-order chi connectivity index (χ1) is 8.81. The standard InChI is InChI=1S/C11H13N5O2/c1-18-11-9-7(15-5-16-11)6(4-14-9)8-10(17)13-3-2-12-8/h4-5,8,12,14H,2-3H2,1H3,(H,13,17). The average Bonchev–Trinajstić information content (AvgIpc) is 2.83. The summed E-state index contributed by atoms with van der Waals surface area (Å²) < 4.78 is 5.15. The second kappa shape index (κ2) is 4.26. The number of piperazine rings is 1. The molecule has 1 atom stereocenters. The van der Waals surface area contributed by atoms with Gasteiger partial charge in [-0.25, -0.2) is 4.98 Å². The Hall–Kier alpha value is -2.15. The van der Waals surface area contributed by atoms with Crippen molar-refractivity contribution in [2.75, 3.05) is 20.2 Å². The molecule has 7 heteroatoms. The van der Waals surface area contributed by atoms with E-state index in [0.717, 1.165) is 12.1 Å². The summed E-state index contributed by atoms with van der Waals surface area (Å²) in [4.78, 5) is 23.1. The normalized spacial score (nSPS) is 19.8. The minimum atomic E-state index is -0.382. The van der Waals surface area contributed by atoms with Gasteiger partial charge < -0.3 is 20.4 Å². The second-order valence-electron chi connectivity index (χ2n) is 4.03. The zero-order chi connectivity index (χ0) is 12.5. The van der Waals surface area contributed by atoms with Gasteiger partial charge >= 0.3 is 0 Å². The third kappa shape index (κ3) is 1.60. The van der Waals surface area contributed by atoms with Crippen LogP contribution in [-0.2, 0) is 4.79 Å². The number of fused-ring (bicyclic) bond motifs is 1. The maximum Gasteiger partial charge on any atom is 0.241 e. The van der Waals surface area contributed by atoms with Crippen molar-refractivity contribution in [1.29, 1.82) is 0 Å². The van der Waals surface area contributed by atoms with Crippen LogP contribution in [-0.4, -0.2) is 41.1 Å². The first kappa shape index (κ1) is 11.0. The molecule has 7 nitrogen and oxygen atoms in total. The van der Waals surface area contributed by atoms with E-state index in [1.54, 1.807) is 13.3 Å². The number of carbonyl (C=O) groups is 1. The van der Waals surface area contributed by atoms with Gasteiger partial charge in [0.05, 0.1) is 7.11 Å². The quantitative estimate of drug-likeness (QED) is 0.679. The number of hydrogen-bond acceptors (Lipinski definition) is 5. The van der Waals surface area contributed by atoms with Gasteiger partial charge in [-0.2, -0.15) is 4.98 Å². The number of amides is 1. The van der Waals surface area contributed by atoms with Crippen LogP contribution in [0.25, 0.3) is 11.0 Å².